The normalized spacial score (nSPS) is 10.2. The molecule has 2 rings (SSSR count). The maximum Gasteiger partial charge on any atom is 0.144 e. The number of hydrogen-bond acceptors (Lipinski definition) is 3. The molecule has 0 bridgehead atoms. The topological polar surface area (TPSA) is 50.9 Å². The zero-order chi connectivity index (χ0) is 12.3. The number of aryl methyl sites for hydroxylation is 1. The second-order valence-corrected chi connectivity index (χ2v) is 4.63. The van der Waals surface area contributed by atoms with Crippen LogP contribution in [0.15, 0.2) is 41.0 Å². The predicted molar refractivity (Wildman–Crippen MR) is 75.5 cm³/mol. The van der Waals surface area contributed by atoms with Crippen LogP contribution in [-0.2, 0) is 6.42 Å². The van der Waals surface area contributed by atoms with Crippen LogP contribution in [0.25, 0.3) is 0 Å². The molecule has 0 fully saturated rings. The van der Waals surface area contributed by atoms with Crippen molar-refractivity contribution in [3.8, 4) is 0 Å². The number of nitrogen functional groups attached to an aromatic ring is 1. The van der Waals surface area contributed by atoms with E-state index in [1.54, 1.807) is 6.20 Å². The number of pyridine rings is 1. The van der Waals surface area contributed by atoms with E-state index in [1.165, 1.54) is 5.56 Å². The largest absolute Gasteiger partial charge is 0.397 e. The Hall–Kier alpha value is -1.55. The maximum absolute atomic E-state index is 5.65. The Kier molecular flexibility index (Phi) is 3.64. The summed E-state index contributed by atoms with van der Waals surface area (Å²) in [7, 11) is 0. The van der Waals surface area contributed by atoms with Crippen LogP contribution in [0.1, 0.15) is 12.5 Å². The zero-order valence-corrected chi connectivity index (χ0v) is 11.2. The summed E-state index contributed by atoms with van der Waals surface area (Å²) in [6.45, 7) is 2.14. The number of anilines is 3. The molecule has 0 unspecified atom stereocenters. The van der Waals surface area contributed by atoms with Gasteiger partial charge in [-0.1, -0.05) is 19.1 Å². The average molecular weight is 292 g/mol. The van der Waals surface area contributed by atoms with Gasteiger partial charge in [0.2, 0.25) is 0 Å². The molecule has 0 saturated carbocycles. The van der Waals surface area contributed by atoms with E-state index >= 15 is 0 Å². The molecular formula is C13H14BrN3. The summed E-state index contributed by atoms with van der Waals surface area (Å²) in [5.41, 5.74) is 8.61. The van der Waals surface area contributed by atoms with Crippen LogP contribution in [0.5, 0.6) is 0 Å². The number of halogens is 1. The average Bonchev–Trinajstić information content (AvgIpc) is 2.33. The third kappa shape index (κ3) is 2.97. The monoisotopic (exact) mass is 291 g/mol. The van der Waals surface area contributed by atoms with Crippen LogP contribution in [0.4, 0.5) is 17.2 Å². The first kappa shape index (κ1) is 11.9. The molecule has 3 nitrogen and oxygen atoms in total. The number of benzene rings is 1. The molecule has 17 heavy (non-hydrogen) atoms. The van der Waals surface area contributed by atoms with Crippen LogP contribution >= 0.6 is 15.9 Å². The van der Waals surface area contributed by atoms with Crippen molar-refractivity contribution in [3.63, 3.8) is 0 Å². The molecule has 0 spiro atoms. The minimum Gasteiger partial charge on any atom is -0.397 e. The van der Waals surface area contributed by atoms with E-state index in [1.807, 2.05) is 18.2 Å². The number of aromatic nitrogens is 1. The van der Waals surface area contributed by atoms with Gasteiger partial charge in [-0.2, -0.15) is 0 Å². The molecule has 1 aromatic carbocycles. The van der Waals surface area contributed by atoms with Gasteiger partial charge >= 0.3 is 0 Å². The van der Waals surface area contributed by atoms with Gasteiger partial charge in [0.25, 0.3) is 0 Å². The summed E-state index contributed by atoms with van der Waals surface area (Å²) in [6.07, 6.45) is 2.66. The van der Waals surface area contributed by atoms with Gasteiger partial charge in [0.05, 0.1) is 16.4 Å². The number of nitrogens with one attached hydrogen (secondary N) is 1. The highest BCUT2D eigenvalue weighted by Crippen LogP contribution is 2.25. The summed E-state index contributed by atoms with van der Waals surface area (Å²) < 4.78 is 0.861. The standard InChI is InChI=1S/C13H14BrN3/c1-2-9-4-3-5-11(6-9)17-13-12(14)7-10(15)8-16-13/h3-8H,2,15H2,1H3,(H,16,17). The molecule has 2 aromatic rings. The molecule has 0 aliphatic heterocycles. The Morgan fingerprint density at radius 3 is 2.88 bits per heavy atom. The van der Waals surface area contributed by atoms with E-state index in [2.05, 4.69) is 45.3 Å². The van der Waals surface area contributed by atoms with Gasteiger partial charge in [-0.05, 0) is 46.1 Å². The Bertz CT molecular complexity index is 526. The Morgan fingerprint density at radius 2 is 2.18 bits per heavy atom. The van der Waals surface area contributed by atoms with E-state index in [0.29, 0.717) is 5.69 Å². The smallest absolute Gasteiger partial charge is 0.144 e. The van der Waals surface area contributed by atoms with E-state index in [4.69, 9.17) is 5.73 Å². The Labute approximate surface area is 109 Å². The zero-order valence-electron chi connectivity index (χ0n) is 9.57. The van der Waals surface area contributed by atoms with Crippen molar-refractivity contribution in [2.24, 2.45) is 0 Å². The van der Waals surface area contributed by atoms with Gasteiger partial charge in [-0.25, -0.2) is 4.98 Å². The van der Waals surface area contributed by atoms with Crippen LogP contribution in [0.3, 0.4) is 0 Å². The lowest BCUT2D eigenvalue weighted by Crippen LogP contribution is -1.97. The van der Waals surface area contributed by atoms with Crippen molar-refractivity contribution in [2.75, 3.05) is 11.1 Å². The van der Waals surface area contributed by atoms with Crippen LogP contribution in [0.2, 0.25) is 0 Å². The first-order valence-electron chi connectivity index (χ1n) is 5.46. The number of nitrogens with two attached hydrogens (primary N) is 1. The third-order valence-corrected chi connectivity index (χ3v) is 3.06. The quantitative estimate of drug-likeness (QED) is 0.906. The fourth-order valence-corrected chi connectivity index (χ4v) is 2.02. The lowest BCUT2D eigenvalue weighted by atomic mass is 10.1. The van der Waals surface area contributed by atoms with Gasteiger partial charge in [0.15, 0.2) is 0 Å². The van der Waals surface area contributed by atoms with Crippen molar-refractivity contribution in [1.29, 1.82) is 0 Å². The fourth-order valence-electron chi connectivity index (χ4n) is 1.55. The molecule has 88 valence electrons. The number of rotatable bonds is 3. The molecule has 1 heterocycles. The summed E-state index contributed by atoms with van der Waals surface area (Å²) >= 11 is 3.44. The molecule has 1 aromatic heterocycles. The second-order valence-electron chi connectivity index (χ2n) is 3.78. The number of nitrogens with zero attached hydrogens (tertiary/aromatic N) is 1. The molecule has 0 aliphatic carbocycles. The van der Waals surface area contributed by atoms with Crippen molar-refractivity contribution < 1.29 is 0 Å². The van der Waals surface area contributed by atoms with E-state index < -0.39 is 0 Å². The third-order valence-electron chi connectivity index (χ3n) is 2.46. The van der Waals surface area contributed by atoms with Gasteiger partial charge < -0.3 is 11.1 Å². The Balaban J connectivity index is 2.25. The first-order valence-corrected chi connectivity index (χ1v) is 6.25. The van der Waals surface area contributed by atoms with E-state index in [-0.39, 0.29) is 0 Å². The lowest BCUT2D eigenvalue weighted by Gasteiger charge is -2.09. The second kappa shape index (κ2) is 5.19. The molecular weight excluding hydrogens is 278 g/mol. The minimum atomic E-state index is 0.643. The molecule has 0 amide bonds. The maximum atomic E-state index is 5.65. The Morgan fingerprint density at radius 1 is 1.35 bits per heavy atom. The molecule has 0 aliphatic rings. The van der Waals surface area contributed by atoms with E-state index in [9.17, 15) is 0 Å². The first-order chi connectivity index (χ1) is 8.19. The highest BCUT2D eigenvalue weighted by Gasteiger charge is 2.02. The van der Waals surface area contributed by atoms with E-state index in [0.717, 1.165) is 22.4 Å². The van der Waals surface area contributed by atoms with Crippen molar-refractivity contribution in [1.82, 2.24) is 4.98 Å². The molecule has 3 N–H and O–H groups in total. The molecule has 4 heteroatoms. The van der Waals surface area contributed by atoms with Crippen molar-refractivity contribution in [3.05, 3.63) is 46.6 Å². The summed E-state index contributed by atoms with van der Waals surface area (Å²) in [6, 6.07) is 10.1. The SMILES string of the molecule is CCc1cccc(Nc2ncc(N)cc2Br)c1. The summed E-state index contributed by atoms with van der Waals surface area (Å²) in [4.78, 5) is 4.25. The van der Waals surface area contributed by atoms with Crippen LogP contribution < -0.4 is 11.1 Å². The van der Waals surface area contributed by atoms with Gasteiger partial charge in [0.1, 0.15) is 5.82 Å². The number of hydrogen-bond donors (Lipinski definition) is 2. The van der Waals surface area contributed by atoms with Gasteiger partial charge in [0, 0.05) is 5.69 Å². The van der Waals surface area contributed by atoms with Gasteiger partial charge in [-0.3, -0.25) is 0 Å². The van der Waals surface area contributed by atoms with Gasteiger partial charge in [-0.15, -0.1) is 0 Å². The molecule has 0 saturated heterocycles. The molecule has 0 radical (unpaired) electrons. The summed E-state index contributed by atoms with van der Waals surface area (Å²) in [5.74, 6) is 0.771. The lowest BCUT2D eigenvalue weighted by molar-refractivity contribution is 1.14. The fraction of sp³-hybridized carbons (Fsp3) is 0.154. The highest BCUT2D eigenvalue weighted by atomic mass is 79.9. The van der Waals surface area contributed by atoms with Crippen molar-refractivity contribution >= 4 is 33.1 Å². The predicted octanol–water partition coefficient (Wildman–Crippen LogP) is 3.73. The molecule has 0 atom stereocenters. The van der Waals surface area contributed by atoms with Crippen LogP contribution in [-0.4, -0.2) is 4.98 Å². The van der Waals surface area contributed by atoms with Crippen LogP contribution in [0, 0.1) is 0 Å². The summed E-state index contributed by atoms with van der Waals surface area (Å²) in [5, 5.41) is 3.26. The minimum absolute atomic E-state index is 0.643. The van der Waals surface area contributed by atoms with Crippen molar-refractivity contribution in [2.45, 2.75) is 13.3 Å². The highest BCUT2D eigenvalue weighted by molar-refractivity contribution is 9.10.